The third-order valence-electron chi connectivity index (χ3n) is 4.65. The van der Waals surface area contributed by atoms with Gasteiger partial charge >= 0.3 is 0 Å². The molecule has 142 valence electrons. The van der Waals surface area contributed by atoms with Crippen molar-refractivity contribution in [1.82, 2.24) is 0 Å². The minimum Gasteiger partial charge on any atom is -0.494 e. The highest BCUT2D eigenvalue weighted by Gasteiger charge is 2.24. The highest BCUT2D eigenvalue weighted by Crippen LogP contribution is 2.29. The van der Waals surface area contributed by atoms with E-state index in [9.17, 15) is 9.59 Å². The highest BCUT2D eigenvalue weighted by atomic mass is 16.5. The van der Waals surface area contributed by atoms with E-state index in [1.807, 2.05) is 36.4 Å². The van der Waals surface area contributed by atoms with Crippen LogP contribution in [-0.2, 0) is 4.79 Å². The normalized spacial score (nSPS) is 13.7. The third kappa shape index (κ3) is 4.88. The molecular weight excluding hydrogens is 340 g/mol. The first kappa shape index (κ1) is 19.0. The highest BCUT2D eigenvalue weighted by molar-refractivity contribution is 6.08. The molecule has 5 nitrogen and oxygen atoms in total. The van der Waals surface area contributed by atoms with Gasteiger partial charge in [0.05, 0.1) is 18.0 Å². The number of ether oxygens (including phenoxy) is 1. The van der Waals surface area contributed by atoms with Crippen molar-refractivity contribution < 1.29 is 14.3 Å². The minimum atomic E-state index is -0.202. The summed E-state index contributed by atoms with van der Waals surface area (Å²) < 4.78 is 5.68. The molecule has 1 aliphatic rings. The van der Waals surface area contributed by atoms with Gasteiger partial charge in [-0.05, 0) is 49.2 Å². The van der Waals surface area contributed by atoms with E-state index < -0.39 is 0 Å². The first-order valence-corrected chi connectivity index (χ1v) is 9.62. The summed E-state index contributed by atoms with van der Waals surface area (Å²) in [5, 5.41) is 2.93. The van der Waals surface area contributed by atoms with E-state index in [4.69, 9.17) is 4.74 Å². The van der Waals surface area contributed by atoms with Gasteiger partial charge < -0.3 is 15.0 Å². The van der Waals surface area contributed by atoms with Crippen molar-refractivity contribution in [2.45, 2.75) is 39.0 Å². The van der Waals surface area contributed by atoms with E-state index in [0.717, 1.165) is 37.1 Å². The molecule has 1 N–H and O–H groups in total. The standard InChI is InChI=1S/C22H26N2O3/c1-2-3-6-16-27-18-13-11-17(12-14-18)22(26)23-19-8-4-5-9-20(19)24-15-7-10-21(24)25/h4-5,8-9,11-14H,2-3,6-7,10,15-16H2,1H3,(H,23,26). The summed E-state index contributed by atoms with van der Waals surface area (Å²) in [7, 11) is 0. The number of rotatable bonds is 8. The number of para-hydroxylation sites is 2. The van der Waals surface area contributed by atoms with Gasteiger partial charge in [-0.2, -0.15) is 0 Å². The van der Waals surface area contributed by atoms with Gasteiger partial charge in [-0.1, -0.05) is 31.9 Å². The molecule has 1 heterocycles. The van der Waals surface area contributed by atoms with Crippen molar-refractivity contribution in [3.05, 3.63) is 54.1 Å². The maximum absolute atomic E-state index is 12.6. The number of benzene rings is 2. The molecule has 2 aromatic carbocycles. The summed E-state index contributed by atoms with van der Waals surface area (Å²) in [6.07, 6.45) is 4.75. The molecule has 27 heavy (non-hydrogen) atoms. The second-order valence-electron chi connectivity index (χ2n) is 6.70. The van der Waals surface area contributed by atoms with E-state index >= 15 is 0 Å². The molecule has 0 aliphatic carbocycles. The Morgan fingerprint density at radius 2 is 1.89 bits per heavy atom. The van der Waals surface area contributed by atoms with Crippen LogP contribution in [0.25, 0.3) is 0 Å². The zero-order chi connectivity index (χ0) is 19.1. The molecule has 1 saturated heterocycles. The van der Waals surface area contributed by atoms with Crippen LogP contribution < -0.4 is 15.0 Å². The number of anilines is 2. The van der Waals surface area contributed by atoms with E-state index in [1.165, 1.54) is 0 Å². The molecule has 3 rings (SSSR count). The molecule has 1 fully saturated rings. The number of hydrogen-bond acceptors (Lipinski definition) is 3. The molecule has 0 bridgehead atoms. The Kier molecular flexibility index (Phi) is 6.47. The zero-order valence-electron chi connectivity index (χ0n) is 15.7. The van der Waals surface area contributed by atoms with Crippen LogP contribution >= 0.6 is 0 Å². The summed E-state index contributed by atoms with van der Waals surface area (Å²) in [4.78, 5) is 26.4. The summed E-state index contributed by atoms with van der Waals surface area (Å²) >= 11 is 0. The van der Waals surface area contributed by atoms with Crippen molar-refractivity contribution >= 4 is 23.2 Å². The van der Waals surface area contributed by atoms with Gasteiger partial charge in [-0.3, -0.25) is 9.59 Å². The lowest BCUT2D eigenvalue weighted by Gasteiger charge is -2.20. The van der Waals surface area contributed by atoms with Crippen LogP contribution in [0.3, 0.4) is 0 Å². The van der Waals surface area contributed by atoms with Crippen molar-refractivity contribution in [3.8, 4) is 5.75 Å². The Balaban J connectivity index is 1.65. The van der Waals surface area contributed by atoms with Crippen LogP contribution in [0.2, 0.25) is 0 Å². The second-order valence-corrected chi connectivity index (χ2v) is 6.70. The molecule has 1 aliphatic heterocycles. The largest absolute Gasteiger partial charge is 0.494 e. The van der Waals surface area contributed by atoms with Crippen LogP contribution in [0.4, 0.5) is 11.4 Å². The van der Waals surface area contributed by atoms with Gasteiger partial charge in [-0.25, -0.2) is 0 Å². The lowest BCUT2D eigenvalue weighted by Crippen LogP contribution is -2.25. The van der Waals surface area contributed by atoms with Crippen LogP contribution in [-0.4, -0.2) is 25.0 Å². The average molecular weight is 366 g/mol. The Morgan fingerprint density at radius 1 is 1.11 bits per heavy atom. The Labute approximate surface area is 160 Å². The summed E-state index contributed by atoms with van der Waals surface area (Å²) in [6.45, 7) is 3.54. The van der Waals surface area contributed by atoms with Crippen LogP contribution in [0.1, 0.15) is 49.4 Å². The third-order valence-corrected chi connectivity index (χ3v) is 4.65. The molecule has 0 unspecified atom stereocenters. The van der Waals surface area contributed by atoms with E-state index in [2.05, 4.69) is 12.2 Å². The van der Waals surface area contributed by atoms with E-state index in [1.54, 1.807) is 17.0 Å². The summed E-state index contributed by atoms with van der Waals surface area (Å²) in [6, 6.07) is 14.6. The molecule has 0 radical (unpaired) electrons. The topological polar surface area (TPSA) is 58.6 Å². The Bertz CT molecular complexity index is 786. The summed E-state index contributed by atoms with van der Waals surface area (Å²) in [5.74, 6) is 0.665. The van der Waals surface area contributed by atoms with Crippen molar-refractivity contribution in [1.29, 1.82) is 0 Å². The number of nitrogens with zero attached hydrogens (tertiary/aromatic N) is 1. The van der Waals surface area contributed by atoms with Crippen LogP contribution in [0, 0.1) is 0 Å². The van der Waals surface area contributed by atoms with Crippen molar-refractivity contribution in [2.24, 2.45) is 0 Å². The molecule has 5 heteroatoms. The zero-order valence-corrected chi connectivity index (χ0v) is 15.7. The molecule has 0 atom stereocenters. The SMILES string of the molecule is CCCCCOc1ccc(C(=O)Nc2ccccc2N2CCCC2=O)cc1. The number of nitrogens with one attached hydrogen (secondary N) is 1. The molecule has 0 aromatic heterocycles. The van der Waals surface area contributed by atoms with Gasteiger partial charge in [0.15, 0.2) is 0 Å². The van der Waals surface area contributed by atoms with Gasteiger partial charge in [0.25, 0.3) is 5.91 Å². The first-order valence-electron chi connectivity index (χ1n) is 9.62. The molecular formula is C22H26N2O3. The lowest BCUT2D eigenvalue weighted by molar-refractivity contribution is -0.117. The average Bonchev–Trinajstić information content (AvgIpc) is 3.12. The maximum atomic E-state index is 12.6. The van der Waals surface area contributed by atoms with Crippen LogP contribution in [0.5, 0.6) is 5.75 Å². The Morgan fingerprint density at radius 3 is 2.59 bits per heavy atom. The predicted octanol–water partition coefficient (Wildman–Crippen LogP) is 4.63. The smallest absolute Gasteiger partial charge is 0.255 e. The van der Waals surface area contributed by atoms with E-state index in [-0.39, 0.29) is 11.8 Å². The fourth-order valence-corrected chi connectivity index (χ4v) is 3.16. The van der Waals surface area contributed by atoms with Gasteiger partial charge in [0.1, 0.15) is 5.75 Å². The number of carbonyl (C=O) groups excluding carboxylic acids is 2. The summed E-state index contributed by atoms with van der Waals surface area (Å²) in [5.41, 5.74) is 1.96. The molecule has 2 aromatic rings. The number of amides is 2. The second kappa shape index (κ2) is 9.21. The van der Waals surface area contributed by atoms with Crippen molar-refractivity contribution in [3.63, 3.8) is 0 Å². The predicted molar refractivity (Wildman–Crippen MR) is 107 cm³/mol. The molecule has 0 saturated carbocycles. The molecule has 2 amide bonds. The quantitative estimate of drug-likeness (QED) is 0.693. The van der Waals surface area contributed by atoms with E-state index in [0.29, 0.717) is 30.8 Å². The van der Waals surface area contributed by atoms with Gasteiger partial charge in [0.2, 0.25) is 5.91 Å². The fourth-order valence-electron chi connectivity index (χ4n) is 3.16. The fraction of sp³-hybridized carbons (Fsp3) is 0.364. The van der Waals surface area contributed by atoms with Crippen LogP contribution in [0.15, 0.2) is 48.5 Å². The van der Waals surface area contributed by atoms with Gasteiger partial charge in [0, 0.05) is 18.5 Å². The maximum Gasteiger partial charge on any atom is 0.255 e. The number of unbranched alkanes of at least 4 members (excludes halogenated alkanes) is 2. The monoisotopic (exact) mass is 366 g/mol. The number of carbonyl (C=O) groups is 2. The van der Waals surface area contributed by atoms with Crippen molar-refractivity contribution in [2.75, 3.05) is 23.4 Å². The lowest BCUT2D eigenvalue weighted by atomic mass is 10.2. The first-order chi connectivity index (χ1) is 13.2. The number of hydrogen-bond donors (Lipinski definition) is 1. The molecule has 0 spiro atoms. The van der Waals surface area contributed by atoms with Gasteiger partial charge in [-0.15, -0.1) is 0 Å². The Hall–Kier alpha value is -2.82. The minimum absolute atomic E-state index is 0.0984.